The molecule has 0 heterocycles. The maximum Gasteiger partial charge on any atom is 0.398 e. The van der Waals surface area contributed by atoms with Crippen LogP contribution in [-0.4, -0.2) is 34.7 Å². The third-order valence-corrected chi connectivity index (χ3v) is 2.96. The number of aliphatic hydroxyl groups is 2. The van der Waals surface area contributed by atoms with Gasteiger partial charge in [0.2, 0.25) is 0 Å². The van der Waals surface area contributed by atoms with Crippen molar-refractivity contribution in [1.82, 2.24) is 0 Å². The van der Waals surface area contributed by atoms with Gasteiger partial charge in [0.1, 0.15) is 6.61 Å². The molecule has 0 radical (unpaired) electrons. The van der Waals surface area contributed by atoms with Crippen molar-refractivity contribution in [1.29, 1.82) is 0 Å². The summed E-state index contributed by atoms with van der Waals surface area (Å²) in [6, 6.07) is 7.20. The van der Waals surface area contributed by atoms with Crippen molar-refractivity contribution >= 4 is 24.1 Å². The second-order valence-electron chi connectivity index (χ2n) is 5.09. The molecule has 0 aliphatic carbocycles. The first kappa shape index (κ1) is 19.3. The maximum atomic E-state index is 12.1. The first-order chi connectivity index (χ1) is 11.2. The summed E-state index contributed by atoms with van der Waals surface area (Å²) in [5.41, 5.74) is 1.62. The second-order valence-corrected chi connectivity index (χ2v) is 5.09. The average molecular weight is 332 g/mol. The van der Waals surface area contributed by atoms with Gasteiger partial charge in [-0.05, 0) is 31.1 Å². The summed E-state index contributed by atoms with van der Waals surface area (Å²) in [5, 5.41) is 19.1. The van der Waals surface area contributed by atoms with Crippen LogP contribution >= 0.6 is 0 Å². The summed E-state index contributed by atoms with van der Waals surface area (Å²) in [4.78, 5) is 23.5. The van der Waals surface area contributed by atoms with Gasteiger partial charge in [0, 0.05) is 11.1 Å². The Morgan fingerprint density at radius 1 is 1.17 bits per heavy atom. The van der Waals surface area contributed by atoms with E-state index in [1.165, 1.54) is 19.9 Å². The number of aliphatic hydroxyl groups excluding tert-OH is 1. The van der Waals surface area contributed by atoms with E-state index >= 15 is 0 Å². The zero-order valence-electron chi connectivity index (χ0n) is 13.6. The predicted octanol–water partition coefficient (Wildman–Crippen LogP) is 2.03. The van der Waals surface area contributed by atoms with Crippen molar-refractivity contribution in [2.24, 2.45) is 0 Å². The van der Waals surface area contributed by atoms with Gasteiger partial charge in [0.25, 0.3) is 0 Å². The summed E-state index contributed by atoms with van der Waals surface area (Å²) in [6.07, 6.45) is 3.15. The van der Waals surface area contributed by atoms with E-state index < -0.39 is 24.5 Å². The fourth-order valence-corrected chi connectivity index (χ4v) is 1.66. The third-order valence-electron chi connectivity index (χ3n) is 2.96. The molecule has 128 valence electrons. The van der Waals surface area contributed by atoms with E-state index in [-0.39, 0.29) is 11.1 Å². The minimum Gasteiger partial charge on any atom is -0.393 e. The Balaban J connectivity index is 2.95. The van der Waals surface area contributed by atoms with Gasteiger partial charge in [-0.15, -0.1) is 0 Å². The molecule has 6 heteroatoms. The van der Waals surface area contributed by atoms with Gasteiger partial charge >= 0.3 is 17.9 Å². The molecule has 0 saturated carbocycles. The SMILES string of the molecule is C=Cc1ccccc1/C=C(\C)C(=O)OC(O)(CO)OC(=O)C(=C)C. The highest BCUT2D eigenvalue weighted by molar-refractivity contribution is 5.94. The molecule has 2 N–H and O–H groups in total. The lowest BCUT2D eigenvalue weighted by molar-refractivity contribution is -0.334. The molecule has 0 fully saturated rings. The first-order valence-electron chi connectivity index (χ1n) is 7.07. The molecule has 0 spiro atoms. The van der Waals surface area contributed by atoms with Crippen molar-refractivity contribution in [2.75, 3.05) is 6.61 Å². The van der Waals surface area contributed by atoms with Gasteiger partial charge in [-0.2, -0.15) is 0 Å². The summed E-state index contributed by atoms with van der Waals surface area (Å²) in [5.74, 6) is -4.74. The molecule has 0 saturated heterocycles. The number of esters is 2. The summed E-state index contributed by atoms with van der Waals surface area (Å²) in [7, 11) is 0. The van der Waals surface area contributed by atoms with Crippen molar-refractivity contribution in [3.8, 4) is 0 Å². The van der Waals surface area contributed by atoms with Crippen LogP contribution < -0.4 is 0 Å². The van der Waals surface area contributed by atoms with Crippen LogP contribution in [0.5, 0.6) is 0 Å². The molecule has 1 aromatic rings. The van der Waals surface area contributed by atoms with Crippen LogP contribution in [0.15, 0.2) is 48.6 Å². The molecule has 0 aromatic heterocycles. The Morgan fingerprint density at radius 2 is 1.71 bits per heavy atom. The monoisotopic (exact) mass is 332 g/mol. The highest BCUT2D eigenvalue weighted by Gasteiger charge is 2.36. The van der Waals surface area contributed by atoms with Crippen LogP contribution in [0.2, 0.25) is 0 Å². The highest BCUT2D eigenvalue weighted by atomic mass is 16.8. The standard InChI is InChI=1S/C18H20O6/c1-5-14-8-6-7-9-15(14)10-13(4)17(21)24-18(22,11-19)23-16(20)12(2)3/h5-10,19,22H,1-2,11H2,3-4H3/b13-10+. The smallest absolute Gasteiger partial charge is 0.393 e. The molecule has 0 bridgehead atoms. The molecule has 0 aliphatic heterocycles. The first-order valence-corrected chi connectivity index (χ1v) is 7.07. The van der Waals surface area contributed by atoms with Gasteiger partial charge < -0.3 is 19.7 Å². The summed E-state index contributed by atoms with van der Waals surface area (Å²) < 4.78 is 9.25. The number of benzene rings is 1. The van der Waals surface area contributed by atoms with E-state index in [0.717, 1.165) is 5.56 Å². The molecule has 1 aromatic carbocycles. The molecular formula is C18H20O6. The van der Waals surface area contributed by atoms with Crippen molar-refractivity contribution < 1.29 is 29.3 Å². The molecule has 0 aliphatic rings. The minimum atomic E-state index is -2.78. The third kappa shape index (κ3) is 5.19. The van der Waals surface area contributed by atoms with Crippen molar-refractivity contribution in [2.45, 2.75) is 19.8 Å². The van der Waals surface area contributed by atoms with E-state index in [2.05, 4.69) is 17.9 Å². The molecule has 6 nitrogen and oxygen atoms in total. The molecule has 1 rings (SSSR count). The summed E-state index contributed by atoms with van der Waals surface area (Å²) >= 11 is 0. The Labute approximate surface area is 140 Å². The summed E-state index contributed by atoms with van der Waals surface area (Å²) in [6.45, 7) is 8.70. The molecule has 24 heavy (non-hydrogen) atoms. The van der Waals surface area contributed by atoms with Crippen LogP contribution in [0.25, 0.3) is 12.2 Å². The van der Waals surface area contributed by atoms with E-state index in [9.17, 15) is 14.7 Å². The average Bonchev–Trinajstić information content (AvgIpc) is 2.54. The van der Waals surface area contributed by atoms with E-state index in [1.807, 2.05) is 12.1 Å². The van der Waals surface area contributed by atoms with Crippen molar-refractivity contribution in [3.05, 3.63) is 59.7 Å². The molecule has 1 atom stereocenters. The van der Waals surface area contributed by atoms with Crippen LogP contribution in [0.4, 0.5) is 0 Å². The fourth-order valence-electron chi connectivity index (χ4n) is 1.66. The van der Waals surface area contributed by atoms with Gasteiger partial charge in [0.15, 0.2) is 0 Å². The topological polar surface area (TPSA) is 93.1 Å². The zero-order valence-corrected chi connectivity index (χ0v) is 13.6. The number of carbonyl (C=O) groups excluding carboxylic acids is 2. The largest absolute Gasteiger partial charge is 0.398 e. The lowest BCUT2D eigenvalue weighted by Gasteiger charge is -2.25. The maximum absolute atomic E-state index is 12.1. The van der Waals surface area contributed by atoms with Crippen LogP contribution in [0, 0.1) is 0 Å². The fraction of sp³-hybridized carbons (Fsp3) is 0.222. The minimum absolute atomic E-state index is 0.0231. The highest BCUT2D eigenvalue weighted by Crippen LogP contribution is 2.18. The number of carbonyl (C=O) groups is 2. The molecule has 1 unspecified atom stereocenters. The van der Waals surface area contributed by atoms with Crippen molar-refractivity contribution in [3.63, 3.8) is 0 Å². The van der Waals surface area contributed by atoms with Gasteiger partial charge in [0.05, 0.1) is 0 Å². The van der Waals surface area contributed by atoms with E-state index in [0.29, 0.717) is 5.56 Å². The Kier molecular flexibility index (Phi) is 6.64. The predicted molar refractivity (Wildman–Crippen MR) is 89.2 cm³/mol. The second kappa shape index (κ2) is 8.24. The zero-order chi connectivity index (χ0) is 18.3. The van der Waals surface area contributed by atoms with E-state index in [1.54, 1.807) is 18.2 Å². The van der Waals surface area contributed by atoms with Gasteiger partial charge in [-0.25, -0.2) is 9.59 Å². The van der Waals surface area contributed by atoms with Crippen LogP contribution in [0.3, 0.4) is 0 Å². The van der Waals surface area contributed by atoms with Gasteiger partial charge in [-0.3, -0.25) is 0 Å². The number of hydrogen-bond acceptors (Lipinski definition) is 6. The van der Waals surface area contributed by atoms with Crippen LogP contribution in [0.1, 0.15) is 25.0 Å². The molecule has 0 amide bonds. The molecular weight excluding hydrogens is 312 g/mol. The van der Waals surface area contributed by atoms with Gasteiger partial charge in [-0.1, -0.05) is 43.5 Å². The lowest BCUT2D eigenvalue weighted by Crippen LogP contribution is -2.43. The van der Waals surface area contributed by atoms with E-state index in [4.69, 9.17) is 9.84 Å². The number of hydrogen-bond donors (Lipinski definition) is 2. The Bertz CT molecular complexity index is 689. The quantitative estimate of drug-likeness (QED) is 0.451. The number of ether oxygens (including phenoxy) is 2. The Morgan fingerprint density at radius 3 is 2.21 bits per heavy atom. The lowest BCUT2D eigenvalue weighted by atomic mass is 10.1. The normalized spacial score (nSPS) is 13.6. The number of rotatable bonds is 7. The Hall–Kier alpha value is -2.70. The van der Waals surface area contributed by atoms with Crippen LogP contribution in [-0.2, 0) is 19.1 Å².